The monoisotopic (exact) mass is 360 g/mol. The van der Waals surface area contributed by atoms with Gasteiger partial charge in [-0.15, -0.1) is 0 Å². The van der Waals surface area contributed by atoms with Gasteiger partial charge in [0.15, 0.2) is 0 Å². The van der Waals surface area contributed by atoms with Gasteiger partial charge in [0.1, 0.15) is 0 Å². The predicted octanol–water partition coefficient (Wildman–Crippen LogP) is 1.53. The molecular weight excluding hydrogens is 336 g/mol. The highest BCUT2D eigenvalue weighted by atomic mass is 16.5. The van der Waals surface area contributed by atoms with Crippen LogP contribution in [-0.2, 0) is 25.5 Å². The van der Waals surface area contributed by atoms with E-state index in [0.29, 0.717) is 57.7 Å². The fraction of sp³-hybridized carbons (Fsp3) is 0.526. The van der Waals surface area contributed by atoms with E-state index in [9.17, 15) is 14.4 Å². The minimum atomic E-state index is -0.824. The zero-order valence-corrected chi connectivity index (χ0v) is 14.6. The van der Waals surface area contributed by atoms with Gasteiger partial charge in [-0.05, 0) is 37.0 Å². The highest BCUT2D eigenvalue weighted by Gasteiger charge is 2.33. The minimum absolute atomic E-state index is 0.0794. The summed E-state index contributed by atoms with van der Waals surface area (Å²) < 4.78 is 5.25. The van der Waals surface area contributed by atoms with Crippen molar-refractivity contribution in [2.45, 2.75) is 25.7 Å². The maximum absolute atomic E-state index is 12.3. The van der Waals surface area contributed by atoms with Crippen molar-refractivity contribution in [1.82, 2.24) is 4.90 Å². The van der Waals surface area contributed by atoms with E-state index in [1.807, 2.05) is 12.1 Å². The van der Waals surface area contributed by atoms with E-state index in [1.165, 1.54) is 0 Å². The van der Waals surface area contributed by atoms with Gasteiger partial charge >= 0.3 is 5.97 Å². The lowest BCUT2D eigenvalue weighted by atomic mass is 10.0. The Morgan fingerprint density at radius 2 is 1.73 bits per heavy atom. The third kappa shape index (κ3) is 4.60. The molecule has 26 heavy (non-hydrogen) atoms. The molecule has 3 rings (SSSR count). The first-order chi connectivity index (χ1) is 12.5. The van der Waals surface area contributed by atoms with Crippen LogP contribution in [0.1, 0.15) is 24.8 Å². The lowest BCUT2D eigenvalue weighted by Gasteiger charge is -2.26. The second kappa shape index (κ2) is 8.31. The van der Waals surface area contributed by atoms with Crippen LogP contribution in [0.25, 0.3) is 0 Å². The Labute approximate surface area is 152 Å². The number of rotatable bonds is 5. The summed E-state index contributed by atoms with van der Waals surface area (Å²) >= 11 is 0. The Bertz CT molecular complexity index is 667. The molecule has 1 aromatic rings. The molecule has 2 fully saturated rings. The molecule has 1 heterocycles. The number of benzene rings is 1. The van der Waals surface area contributed by atoms with Crippen LogP contribution in [0.2, 0.25) is 0 Å². The molecule has 0 bridgehead atoms. The number of hydrogen-bond acceptors (Lipinski definition) is 4. The molecule has 0 radical (unpaired) electrons. The molecule has 2 atom stereocenters. The van der Waals surface area contributed by atoms with Crippen molar-refractivity contribution in [2.24, 2.45) is 11.8 Å². The lowest BCUT2D eigenvalue weighted by molar-refractivity contribution is -0.141. The minimum Gasteiger partial charge on any atom is -0.481 e. The number of aliphatic carboxylic acids is 1. The van der Waals surface area contributed by atoms with Gasteiger partial charge in [0, 0.05) is 24.7 Å². The van der Waals surface area contributed by atoms with Gasteiger partial charge in [0.2, 0.25) is 11.8 Å². The zero-order valence-electron chi connectivity index (χ0n) is 14.6. The van der Waals surface area contributed by atoms with Crippen LogP contribution in [0.4, 0.5) is 5.69 Å². The van der Waals surface area contributed by atoms with E-state index in [-0.39, 0.29) is 17.7 Å². The fourth-order valence-electron chi connectivity index (χ4n) is 3.49. The molecule has 1 aliphatic heterocycles. The molecule has 2 aliphatic rings. The zero-order chi connectivity index (χ0) is 18.5. The number of anilines is 1. The summed E-state index contributed by atoms with van der Waals surface area (Å²) in [6.07, 6.45) is 1.88. The van der Waals surface area contributed by atoms with Crippen molar-refractivity contribution >= 4 is 23.5 Å². The quantitative estimate of drug-likeness (QED) is 0.830. The molecule has 2 amide bonds. The summed E-state index contributed by atoms with van der Waals surface area (Å²) in [4.78, 5) is 37.3. The third-order valence-electron chi connectivity index (χ3n) is 5.09. The van der Waals surface area contributed by atoms with E-state index in [2.05, 4.69) is 5.32 Å². The highest BCUT2D eigenvalue weighted by Crippen LogP contribution is 2.31. The maximum Gasteiger partial charge on any atom is 0.306 e. The molecule has 1 saturated carbocycles. The summed E-state index contributed by atoms with van der Waals surface area (Å²) in [5.74, 6) is -1.55. The molecule has 2 N–H and O–H groups in total. The Hall–Kier alpha value is -2.41. The molecule has 0 aromatic heterocycles. The topological polar surface area (TPSA) is 95.9 Å². The van der Waals surface area contributed by atoms with Crippen LogP contribution >= 0.6 is 0 Å². The van der Waals surface area contributed by atoms with Crippen molar-refractivity contribution in [3.05, 3.63) is 29.8 Å². The standard InChI is InChI=1S/C19H24N2O5/c22-17(21-7-9-26-10-8-21)11-13-1-5-16(6-2-13)20-18(23)14-3-4-15(12-14)19(24)25/h1-2,5-6,14-15H,3-4,7-12H2,(H,20,23)(H,24,25)/t14-,15+/m0/s1. The Morgan fingerprint density at radius 3 is 2.35 bits per heavy atom. The summed E-state index contributed by atoms with van der Waals surface area (Å²) in [5.41, 5.74) is 1.56. The number of carbonyl (C=O) groups excluding carboxylic acids is 2. The normalized spacial score (nSPS) is 22.8. The molecule has 1 saturated heterocycles. The van der Waals surface area contributed by atoms with E-state index in [0.717, 1.165) is 5.56 Å². The van der Waals surface area contributed by atoms with E-state index >= 15 is 0 Å². The maximum atomic E-state index is 12.3. The number of hydrogen-bond donors (Lipinski definition) is 2. The molecule has 1 aliphatic carbocycles. The molecule has 0 unspecified atom stereocenters. The van der Waals surface area contributed by atoms with E-state index in [4.69, 9.17) is 9.84 Å². The van der Waals surface area contributed by atoms with Gasteiger partial charge in [-0.2, -0.15) is 0 Å². The SMILES string of the molecule is O=C(O)[C@@H]1CC[C@H](C(=O)Nc2ccc(CC(=O)N3CCOCC3)cc2)C1. The largest absolute Gasteiger partial charge is 0.481 e. The average molecular weight is 360 g/mol. The first-order valence-corrected chi connectivity index (χ1v) is 9.01. The lowest BCUT2D eigenvalue weighted by Crippen LogP contribution is -2.41. The van der Waals surface area contributed by atoms with Crippen molar-refractivity contribution in [2.75, 3.05) is 31.6 Å². The number of carboxylic acids is 1. The van der Waals surface area contributed by atoms with E-state index < -0.39 is 11.9 Å². The number of nitrogens with zero attached hydrogens (tertiary/aromatic N) is 1. The van der Waals surface area contributed by atoms with E-state index in [1.54, 1.807) is 17.0 Å². The first kappa shape index (κ1) is 18.4. The second-order valence-corrected chi connectivity index (χ2v) is 6.90. The molecule has 7 nitrogen and oxygen atoms in total. The van der Waals surface area contributed by atoms with Gasteiger partial charge in [-0.25, -0.2) is 0 Å². The molecule has 7 heteroatoms. The predicted molar refractivity (Wildman–Crippen MR) is 94.6 cm³/mol. The Morgan fingerprint density at radius 1 is 1.08 bits per heavy atom. The fourth-order valence-corrected chi connectivity index (χ4v) is 3.49. The number of ether oxygens (including phenoxy) is 1. The van der Waals surface area contributed by atoms with Crippen molar-refractivity contribution in [3.63, 3.8) is 0 Å². The Kier molecular flexibility index (Phi) is 5.88. The van der Waals surface area contributed by atoms with Gasteiger partial charge in [-0.1, -0.05) is 12.1 Å². The smallest absolute Gasteiger partial charge is 0.306 e. The Balaban J connectivity index is 1.50. The number of amides is 2. The summed E-state index contributed by atoms with van der Waals surface area (Å²) in [6.45, 7) is 2.43. The van der Waals surface area contributed by atoms with Crippen LogP contribution < -0.4 is 5.32 Å². The summed E-state index contributed by atoms with van der Waals surface area (Å²) in [6, 6.07) is 7.23. The average Bonchev–Trinajstić information content (AvgIpc) is 3.15. The first-order valence-electron chi connectivity index (χ1n) is 9.01. The number of nitrogens with one attached hydrogen (secondary N) is 1. The van der Waals surface area contributed by atoms with Crippen molar-refractivity contribution in [1.29, 1.82) is 0 Å². The van der Waals surface area contributed by atoms with Crippen LogP contribution in [0.3, 0.4) is 0 Å². The van der Waals surface area contributed by atoms with Gasteiger partial charge < -0.3 is 20.1 Å². The number of morpholine rings is 1. The molecule has 0 spiro atoms. The molecule has 1 aromatic carbocycles. The summed E-state index contributed by atoms with van der Waals surface area (Å²) in [7, 11) is 0. The van der Waals surface area contributed by atoms with Crippen LogP contribution in [0.5, 0.6) is 0 Å². The number of carbonyl (C=O) groups is 3. The van der Waals surface area contributed by atoms with Crippen LogP contribution in [-0.4, -0.2) is 54.1 Å². The molecule has 140 valence electrons. The van der Waals surface area contributed by atoms with Crippen molar-refractivity contribution < 1.29 is 24.2 Å². The summed E-state index contributed by atoms with van der Waals surface area (Å²) in [5, 5.41) is 11.9. The van der Waals surface area contributed by atoms with Crippen LogP contribution in [0, 0.1) is 11.8 Å². The van der Waals surface area contributed by atoms with Gasteiger partial charge in [-0.3, -0.25) is 14.4 Å². The van der Waals surface area contributed by atoms with Crippen LogP contribution in [0.15, 0.2) is 24.3 Å². The van der Waals surface area contributed by atoms with Crippen molar-refractivity contribution in [3.8, 4) is 0 Å². The number of carboxylic acid groups (broad SMARTS) is 1. The highest BCUT2D eigenvalue weighted by molar-refractivity contribution is 5.93. The molecular formula is C19H24N2O5. The van der Waals surface area contributed by atoms with Gasteiger partial charge in [0.05, 0.1) is 25.6 Å². The second-order valence-electron chi connectivity index (χ2n) is 6.90. The third-order valence-corrected chi connectivity index (χ3v) is 5.09. The van der Waals surface area contributed by atoms with Gasteiger partial charge in [0.25, 0.3) is 0 Å².